The molecule has 2 aromatic carbocycles. The fraction of sp³-hybridized carbons (Fsp3) is 0.160. The van der Waals surface area contributed by atoms with Crippen LogP contribution in [-0.2, 0) is 19.1 Å². The Morgan fingerprint density at radius 2 is 1.67 bits per heavy atom. The molecule has 4 rings (SSSR count). The molecule has 33 heavy (non-hydrogen) atoms. The number of thiazole rings is 1. The van der Waals surface area contributed by atoms with E-state index in [0.29, 0.717) is 14.8 Å². The topological polar surface area (TPSA) is 101 Å². The number of ether oxygens (including phenoxy) is 2. The molecule has 3 aromatic rings. The molecule has 0 radical (unpaired) electrons. The van der Waals surface area contributed by atoms with Crippen LogP contribution in [0.5, 0.6) is 0 Å². The highest BCUT2D eigenvalue weighted by Gasteiger charge is 2.39. The van der Waals surface area contributed by atoms with Crippen molar-refractivity contribution in [3.63, 3.8) is 0 Å². The van der Waals surface area contributed by atoms with Gasteiger partial charge in [0, 0.05) is 0 Å². The van der Waals surface area contributed by atoms with Gasteiger partial charge >= 0.3 is 11.9 Å². The lowest BCUT2D eigenvalue weighted by atomic mass is 9.83. The van der Waals surface area contributed by atoms with Crippen molar-refractivity contribution in [2.24, 2.45) is 5.73 Å². The van der Waals surface area contributed by atoms with Gasteiger partial charge in [0.1, 0.15) is 10.5 Å². The van der Waals surface area contributed by atoms with Crippen molar-refractivity contribution in [3.8, 4) is 0 Å². The van der Waals surface area contributed by atoms with Crippen LogP contribution in [0.2, 0.25) is 0 Å². The van der Waals surface area contributed by atoms with Crippen molar-refractivity contribution in [1.29, 1.82) is 0 Å². The Morgan fingerprint density at radius 3 is 2.27 bits per heavy atom. The standard InChI is InChI=1S/C25H22N2O5S/c1-3-32-25(30)19-18(16-12-8-5-9-13-16)20(24(29)31-2)23-27(21(19)26)22(28)17(33-23)14-15-10-6-4-7-11-15/h4-14,18H,3,26H2,1-2H3/b17-14+/t18-/m1/s1. The highest BCUT2D eigenvalue weighted by molar-refractivity contribution is 7.07. The average Bonchev–Trinajstić information content (AvgIpc) is 3.15. The minimum atomic E-state index is -0.847. The molecule has 1 atom stereocenters. The SMILES string of the molecule is CCOC(=O)C1=C(N)n2c(s/c(=C/c3ccccc3)c2=O)=C(C(=O)OC)[C@@H]1c1ccccc1. The molecule has 1 aromatic heterocycles. The van der Waals surface area contributed by atoms with E-state index in [4.69, 9.17) is 15.2 Å². The van der Waals surface area contributed by atoms with Gasteiger partial charge in [-0.15, -0.1) is 11.3 Å². The number of carbonyl (C=O) groups excluding carboxylic acids is 2. The lowest BCUT2D eigenvalue weighted by Crippen LogP contribution is -2.41. The van der Waals surface area contributed by atoms with Crippen LogP contribution >= 0.6 is 11.3 Å². The third-order valence-electron chi connectivity index (χ3n) is 5.28. The lowest BCUT2D eigenvalue weighted by molar-refractivity contribution is -0.138. The van der Waals surface area contributed by atoms with E-state index in [1.807, 2.05) is 36.4 Å². The quantitative estimate of drug-likeness (QED) is 0.578. The van der Waals surface area contributed by atoms with E-state index >= 15 is 0 Å². The summed E-state index contributed by atoms with van der Waals surface area (Å²) in [6, 6.07) is 18.3. The fourth-order valence-corrected chi connectivity index (χ4v) is 5.01. The molecule has 0 aliphatic carbocycles. The molecule has 2 N–H and O–H groups in total. The molecule has 7 nitrogen and oxygen atoms in total. The van der Waals surface area contributed by atoms with Gasteiger partial charge < -0.3 is 15.2 Å². The van der Waals surface area contributed by atoms with Crippen LogP contribution in [0, 0.1) is 0 Å². The van der Waals surface area contributed by atoms with Crippen molar-refractivity contribution >= 4 is 40.7 Å². The molecule has 0 amide bonds. The number of nitrogens with zero attached hydrogens (tertiary/aromatic N) is 1. The van der Waals surface area contributed by atoms with E-state index < -0.39 is 23.4 Å². The molecule has 1 aliphatic rings. The number of aromatic nitrogens is 1. The zero-order chi connectivity index (χ0) is 23.5. The van der Waals surface area contributed by atoms with Crippen LogP contribution < -0.4 is 20.5 Å². The van der Waals surface area contributed by atoms with Crippen LogP contribution in [0.15, 0.2) is 71.0 Å². The maximum absolute atomic E-state index is 13.4. The highest BCUT2D eigenvalue weighted by atomic mass is 32.1. The number of fused-ring (bicyclic) bond motifs is 1. The maximum Gasteiger partial charge on any atom is 0.338 e. The molecule has 0 fully saturated rings. The van der Waals surface area contributed by atoms with E-state index in [-0.39, 0.29) is 23.6 Å². The first-order chi connectivity index (χ1) is 16.0. The van der Waals surface area contributed by atoms with Crippen molar-refractivity contribution in [3.05, 3.63) is 96.9 Å². The van der Waals surface area contributed by atoms with E-state index in [1.54, 1.807) is 37.3 Å². The van der Waals surface area contributed by atoms with Crippen LogP contribution in [0.1, 0.15) is 24.0 Å². The molecule has 168 valence electrons. The van der Waals surface area contributed by atoms with Gasteiger partial charge in [-0.05, 0) is 24.1 Å². The van der Waals surface area contributed by atoms with Crippen LogP contribution in [0.25, 0.3) is 17.5 Å². The Labute approximate surface area is 193 Å². The maximum atomic E-state index is 13.4. The summed E-state index contributed by atoms with van der Waals surface area (Å²) >= 11 is 1.13. The Bertz CT molecular complexity index is 1420. The highest BCUT2D eigenvalue weighted by Crippen LogP contribution is 2.37. The molecule has 2 heterocycles. The van der Waals surface area contributed by atoms with Crippen LogP contribution in [0.3, 0.4) is 0 Å². The number of carbonyl (C=O) groups is 2. The second kappa shape index (κ2) is 9.30. The number of hydrogen-bond acceptors (Lipinski definition) is 7. The van der Waals surface area contributed by atoms with Gasteiger partial charge in [0.2, 0.25) is 0 Å². The van der Waals surface area contributed by atoms with Gasteiger partial charge in [0.05, 0.1) is 35.3 Å². The van der Waals surface area contributed by atoms with Crippen molar-refractivity contribution in [2.45, 2.75) is 12.8 Å². The van der Waals surface area contributed by atoms with Gasteiger partial charge in [-0.1, -0.05) is 60.7 Å². The van der Waals surface area contributed by atoms with Gasteiger partial charge in [0.25, 0.3) is 5.56 Å². The first kappa shape index (κ1) is 22.3. The van der Waals surface area contributed by atoms with Crippen molar-refractivity contribution in [2.75, 3.05) is 13.7 Å². The average molecular weight is 463 g/mol. The minimum Gasteiger partial charge on any atom is -0.466 e. The molecular weight excluding hydrogens is 440 g/mol. The summed E-state index contributed by atoms with van der Waals surface area (Å²) in [4.78, 5) is 39.4. The summed E-state index contributed by atoms with van der Waals surface area (Å²) in [7, 11) is 1.26. The summed E-state index contributed by atoms with van der Waals surface area (Å²) in [6.07, 6.45) is 1.72. The van der Waals surface area contributed by atoms with E-state index in [1.165, 1.54) is 11.7 Å². The molecule has 0 spiro atoms. The summed E-state index contributed by atoms with van der Waals surface area (Å²) in [6.45, 7) is 1.79. The van der Waals surface area contributed by atoms with Gasteiger partial charge in [-0.25, -0.2) is 9.59 Å². The summed E-state index contributed by atoms with van der Waals surface area (Å²) < 4.78 is 12.2. The Kier molecular flexibility index (Phi) is 6.28. The van der Waals surface area contributed by atoms with Gasteiger partial charge in [-0.2, -0.15) is 0 Å². The zero-order valence-corrected chi connectivity index (χ0v) is 18.9. The Balaban J connectivity index is 2.12. The Morgan fingerprint density at radius 1 is 1.03 bits per heavy atom. The van der Waals surface area contributed by atoms with E-state index in [9.17, 15) is 14.4 Å². The second-order valence-corrected chi connectivity index (χ2v) is 8.27. The Hall–Kier alpha value is -3.91. The number of hydrogen-bond donors (Lipinski definition) is 1. The molecule has 1 aliphatic heterocycles. The van der Waals surface area contributed by atoms with E-state index in [0.717, 1.165) is 16.9 Å². The van der Waals surface area contributed by atoms with Gasteiger partial charge in [0.15, 0.2) is 0 Å². The second-order valence-electron chi connectivity index (χ2n) is 7.24. The number of methoxy groups -OCH3 is 1. The molecule has 0 bridgehead atoms. The molecular formula is C25H22N2O5S. The molecule has 8 heteroatoms. The molecule has 0 saturated carbocycles. The van der Waals surface area contributed by atoms with Crippen molar-refractivity contribution in [1.82, 2.24) is 4.57 Å². The van der Waals surface area contributed by atoms with E-state index in [2.05, 4.69) is 0 Å². The normalized spacial score (nSPS) is 15.9. The van der Waals surface area contributed by atoms with Crippen LogP contribution in [0.4, 0.5) is 0 Å². The third kappa shape index (κ3) is 4.01. The number of benzene rings is 2. The molecule has 0 saturated heterocycles. The zero-order valence-electron chi connectivity index (χ0n) is 18.1. The fourth-order valence-electron chi connectivity index (χ4n) is 3.84. The number of esters is 2. The first-order valence-corrected chi connectivity index (χ1v) is 11.1. The van der Waals surface area contributed by atoms with Crippen molar-refractivity contribution < 1.29 is 19.1 Å². The lowest BCUT2D eigenvalue weighted by Gasteiger charge is -2.26. The van der Waals surface area contributed by atoms with Crippen LogP contribution in [-0.4, -0.2) is 30.2 Å². The smallest absolute Gasteiger partial charge is 0.338 e. The third-order valence-corrected chi connectivity index (χ3v) is 6.39. The minimum absolute atomic E-state index is 0.0297. The predicted octanol–water partition coefficient (Wildman–Crippen LogP) is 1.55. The number of rotatable bonds is 5. The summed E-state index contributed by atoms with van der Waals surface area (Å²) in [5.41, 5.74) is 7.68. The summed E-state index contributed by atoms with van der Waals surface area (Å²) in [5, 5.41) is 0. The van der Waals surface area contributed by atoms with Gasteiger partial charge in [-0.3, -0.25) is 9.36 Å². The summed E-state index contributed by atoms with van der Waals surface area (Å²) in [5.74, 6) is -2.25. The largest absolute Gasteiger partial charge is 0.466 e. The first-order valence-electron chi connectivity index (χ1n) is 10.3. The number of nitrogens with two attached hydrogens (primary N) is 1. The predicted molar refractivity (Wildman–Crippen MR) is 126 cm³/mol. The molecule has 0 unspecified atom stereocenters. The monoisotopic (exact) mass is 462 g/mol.